The maximum absolute atomic E-state index is 4.44. The Morgan fingerprint density at radius 2 is 2.05 bits per heavy atom. The summed E-state index contributed by atoms with van der Waals surface area (Å²) in [6.07, 6.45) is 4.92. The number of anilines is 2. The summed E-state index contributed by atoms with van der Waals surface area (Å²) in [5.41, 5.74) is 1.83. The molecule has 2 heterocycles. The largest absolute Gasteiger partial charge is 0.370 e. The van der Waals surface area contributed by atoms with E-state index in [1.807, 2.05) is 24.0 Å². The van der Waals surface area contributed by atoms with Crippen LogP contribution in [0.5, 0.6) is 0 Å². The lowest BCUT2D eigenvalue weighted by atomic mass is 10.4. The number of hydrogen-bond acceptors (Lipinski definition) is 7. The van der Waals surface area contributed by atoms with E-state index in [2.05, 4.69) is 32.5 Å². The van der Waals surface area contributed by atoms with Crippen LogP contribution in [0.3, 0.4) is 0 Å². The van der Waals surface area contributed by atoms with E-state index >= 15 is 0 Å². The van der Waals surface area contributed by atoms with E-state index in [4.69, 9.17) is 0 Å². The summed E-state index contributed by atoms with van der Waals surface area (Å²) in [5, 5.41) is 7.36. The Bertz CT molecular complexity index is 501. The average molecular weight is 295 g/mol. The topological polar surface area (TPSA) is 62.7 Å². The molecular weight excluding hydrogens is 278 g/mol. The molecule has 0 saturated heterocycles. The number of nitrogens with zero attached hydrogens (tertiary/aromatic N) is 3. The monoisotopic (exact) mass is 295 g/mol. The van der Waals surface area contributed by atoms with Crippen LogP contribution in [0.4, 0.5) is 11.6 Å². The average Bonchev–Trinajstić information content (AvgIpc) is 2.96. The van der Waals surface area contributed by atoms with Gasteiger partial charge in [-0.25, -0.2) is 9.97 Å². The third-order valence-electron chi connectivity index (χ3n) is 2.37. The Hall–Kier alpha value is -1.34. The Labute approximate surface area is 121 Å². The van der Waals surface area contributed by atoms with Gasteiger partial charge in [-0.2, -0.15) is 0 Å². The molecule has 0 radical (unpaired) electrons. The van der Waals surface area contributed by atoms with Crippen LogP contribution in [0.2, 0.25) is 0 Å². The van der Waals surface area contributed by atoms with Crippen LogP contribution >= 0.6 is 23.1 Å². The van der Waals surface area contributed by atoms with Crippen molar-refractivity contribution in [3.8, 4) is 0 Å². The second kappa shape index (κ2) is 7.30. The fourth-order valence-electron chi connectivity index (χ4n) is 1.46. The van der Waals surface area contributed by atoms with Gasteiger partial charge in [0.05, 0.1) is 12.1 Å². The van der Waals surface area contributed by atoms with E-state index in [1.165, 1.54) is 4.88 Å². The molecule has 0 aliphatic carbocycles. The summed E-state index contributed by atoms with van der Waals surface area (Å²) in [6, 6.07) is 1.94. The maximum atomic E-state index is 4.44. The summed E-state index contributed by atoms with van der Waals surface area (Å²) in [5.74, 6) is 1.71. The predicted octanol–water partition coefficient (Wildman–Crippen LogP) is 3.09. The van der Waals surface area contributed by atoms with Gasteiger partial charge in [0.1, 0.15) is 11.6 Å². The minimum Gasteiger partial charge on any atom is -0.370 e. The van der Waals surface area contributed by atoms with Crippen molar-refractivity contribution in [1.82, 2.24) is 15.0 Å². The van der Waals surface area contributed by atoms with Crippen LogP contribution in [0.1, 0.15) is 18.2 Å². The SMILES string of the molecule is CCCNc1cc(NCc2cncs2)nc(SC)n1. The minimum absolute atomic E-state index is 0.739. The van der Waals surface area contributed by atoms with Gasteiger partial charge in [0.15, 0.2) is 5.16 Å². The van der Waals surface area contributed by atoms with Gasteiger partial charge in [-0.05, 0) is 12.7 Å². The molecule has 2 aromatic heterocycles. The Balaban J connectivity index is 2.05. The second-order valence-corrected chi connectivity index (χ2v) is 5.62. The zero-order chi connectivity index (χ0) is 13.5. The molecule has 0 atom stereocenters. The summed E-state index contributed by atoms with van der Waals surface area (Å²) >= 11 is 3.17. The Morgan fingerprint density at radius 3 is 2.68 bits per heavy atom. The van der Waals surface area contributed by atoms with E-state index in [-0.39, 0.29) is 0 Å². The molecule has 2 rings (SSSR count). The zero-order valence-corrected chi connectivity index (χ0v) is 12.6. The fraction of sp³-hybridized carbons (Fsp3) is 0.417. The third-order valence-corrected chi connectivity index (χ3v) is 3.70. The number of thiazole rings is 1. The molecule has 102 valence electrons. The van der Waals surface area contributed by atoms with Gasteiger partial charge in [-0.15, -0.1) is 11.3 Å². The molecule has 5 nitrogen and oxygen atoms in total. The van der Waals surface area contributed by atoms with Crippen molar-refractivity contribution in [2.75, 3.05) is 23.4 Å². The van der Waals surface area contributed by atoms with Crippen LogP contribution in [-0.2, 0) is 6.54 Å². The smallest absolute Gasteiger partial charge is 0.191 e. The minimum atomic E-state index is 0.739. The molecule has 0 aromatic carbocycles. The van der Waals surface area contributed by atoms with Gasteiger partial charge in [0, 0.05) is 23.7 Å². The number of nitrogens with one attached hydrogen (secondary N) is 2. The van der Waals surface area contributed by atoms with Crippen molar-refractivity contribution < 1.29 is 0 Å². The normalized spacial score (nSPS) is 10.4. The molecular formula is C12H17N5S2. The summed E-state index contributed by atoms with van der Waals surface area (Å²) < 4.78 is 0. The highest BCUT2D eigenvalue weighted by atomic mass is 32.2. The molecule has 0 spiro atoms. The lowest BCUT2D eigenvalue weighted by Gasteiger charge is -2.09. The van der Waals surface area contributed by atoms with Crippen molar-refractivity contribution in [1.29, 1.82) is 0 Å². The van der Waals surface area contributed by atoms with E-state index in [0.29, 0.717) is 0 Å². The standard InChI is InChI=1S/C12H17N5S2/c1-3-4-14-10-5-11(17-12(16-10)18-2)15-7-9-6-13-8-19-9/h5-6,8H,3-4,7H2,1-2H3,(H2,14,15,16,17). The van der Waals surface area contributed by atoms with Gasteiger partial charge in [-0.3, -0.25) is 4.98 Å². The highest BCUT2D eigenvalue weighted by molar-refractivity contribution is 7.98. The highest BCUT2D eigenvalue weighted by Gasteiger charge is 2.04. The molecule has 0 aliphatic rings. The third kappa shape index (κ3) is 4.36. The number of rotatable bonds is 7. The molecule has 7 heteroatoms. The molecule has 0 saturated carbocycles. The number of thioether (sulfide) groups is 1. The summed E-state index contributed by atoms with van der Waals surface area (Å²) in [6.45, 7) is 3.79. The molecule has 0 unspecified atom stereocenters. The van der Waals surface area contributed by atoms with E-state index in [9.17, 15) is 0 Å². The second-order valence-electron chi connectivity index (χ2n) is 3.87. The lowest BCUT2D eigenvalue weighted by Crippen LogP contribution is -2.06. The summed E-state index contributed by atoms with van der Waals surface area (Å²) in [7, 11) is 0. The van der Waals surface area contributed by atoms with Gasteiger partial charge < -0.3 is 10.6 Å². The van der Waals surface area contributed by atoms with Crippen molar-refractivity contribution in [2.24, 2.45) is 0 Å². The van der Waals surface area contributed by atoms with Crippen LogP contribution in [0, 0.1) is 0 Å². The van der Waals surface area contributed by atoms with Crippen molar-refractivity contribution in [2.45, 2.75) is 25.0 Å². The molecule has 19 heavy (non-hydrogen) atoms. The molecule has 2 aromatic rings. The predicted molar refractivity (Wildman–Crippen MR) is 82.0 cm³/mol. The van der Waals surface area contributed by atoms with Crippen LogP contribution < -0.4 is 10.6 Å². The van der Waals surface area contributed by atoms with Gasteiger partial charge in [0.2, 0.25) is 0 Å². The van der Waals surface area contributed by atoms with Crippen molar-refractivity contribution in [3.05, 3.63) is 22.7 Å². The van der Waals surface area contributed by atoms with Gasteiger partial charge >= 0.3 is 0 Å². The molecule has 0 aliphatic heterocycles. The number of hydrogen-bond donors (Lipinski definition) is 2. The van der Waals surface area contributed by atoms with E-state index in [0.717, 1.165) is 36.3 Å². The molecule has 0 fully saturated rings. The fourth-order valence-corrected chi connectivity index (χ4v) is 2.37. The van der Waals surface area contributed by atoms with Crippen molar-refractivity contribution >= 4 is 34.7 Å². The Morgan fingerprint density at radius 1 is 1.26 bits per heavy atom. The van der Waals surface area contributed by atoms with E-state index < -0.39 is 0 Å². The first-order valence-electron chi connectivity index (χ1n) is 6.10. The highest BCUT2D eigenvalue weighted by Crippen LogP contribution is 2.18. The number of aromatic nitrogens is 3. The first-order chi connectivity index (χ1) is 9.31. The lowest BCUT2D eigenvalue weighted by molar-refractivity contribution is 0.922. The molecule has 0 bridgehead atoms. The van der Waals surface area contributed by atoms with Gasteiger partial charge in [-0.1, -0.05) is 18.7 Å². The quantitative estimate of drug-likeness (QED) is 0.604. The van der Waals surface area contributed by atoms with Crippen LogP contribution in [0.15, 0.2) is 22.9 Å². The molecule has 0 amide bonds. The maximum Gasteiger partial charge on any atom is 0.191 e. The van der Waals surface area contributed by atoms with Gasteiger partial charge in [0.25, 0.3) is 0 Å². The van der Waals surface area contributed by atoms with Crippen molar-refractivity contribution in [3.63, 3.8) is 0 Å². The van der Waals surface area contributed by atoms with Crippen LogP contribution in [0.25, 0.3) is 0 Å². The first-order valence-corrected chi connectivity index (χ1v) is 8.20. The van der Waals surface area contributed by atoms with E-state index in [1.54, 1.807) is 23.1 Å². The molecule has 2 N–H and O–H groups in total. The summed E-state index contributed by atoms with van der Waals surface area (Å²) in [4.78, 5) is 14.1. The van der Waals surface area contributed by atoms with Crippen LogP contribution in [-0.4, -0.2) is 27.8 Å². The zero-order valence-electron chi connectivity index (χ0n) is 11.0. The Kier molecular flexibility index (Phi) is 5.41. The first kappa shape index (κ1) is 14.1.